The summed E-state index contributed by atoms with van der Waals surface area (Å²) in [4.78, 5) is 13.1. The van der Waals surface area contributed by atoms with Gasteiger partial charge in [0.15, 0.2) is 0 Å². The number of unbranched alkanes of at least 4 members (excludes halogenated alkanes) is 28. The molecule has 52 heavy (non-hydrogen) atoms. The van der Waals surface area contributed by atoms with E-state index in [0.717, 1.165) is 12.8 Å². The highest BCUT2D eigenvalue weighted by Gasteiger charge is 2.47. The second-order valence-electron chi connectivity index (χ2n) is 17.8. The molecule has 3 nitrogen and oxygen atoms in total. The van der Waals surface area contributed by atoms with Crippen molar-refractivity contribution in [2.75, 3.05) is 0 Å². The Balaban J connectivity index is 3.15. The molecule has 0 bridgehead atoms. The SMILES string of the molecule is C=C(C)C(=O)OC1CC(CCCCCCCCCC)(CCCCCCCCCC)NC(CCCCCCCCCC)(CCCCCCCCCC)C1. The van der Waals surface area contributed by atoms with Crippen molar-refractivity contribution >= 4 is 5.97 Å². The molecule has 0 spiro atoms. The number of ether oxygens (including phenoxy) is 1. The fraction of sp³-hybridized carbons (Fsp3) is 0.939. The minimum Gasteiger partial charge on any atom is -0.459 e. The first kappa shape index (κ1) is 49.2. The Morgan fingerprint density at radius 2 is 0.692 bits per heavy atom. The molecule has 3 heteroatoms. The molecule has 1 fully saturated rings. The molecule has 0 atom stereocenters. The van der Waals surface area contributed by atoms with Crippen molar-refractivity contribution in [1.29, 1.82) is 0 Å². The van der Waals surface area contributed by atoms with Crippen LogP contribution in [-0.2, 0) is 9.53 Å². The highest BCUT2D eigenvalue weighted by Crippen LogP contribution is 2.43. The number of nitrogens with one attached hydrogen (secondary N) is 1. The normalized spacial score (nSPS) is 15.6. The lowest BCUT2D eigenvalue weighted by Crippen LogP contribution is -2.65. The molecule has 1 aliphatic rings. The molecule has 0 unspecified atom stereocenters. The first-order valence-electron chi connectivity index (χ1n) is 24.0. The van der Waals surface area contributed by atoms with E-state index in [9.17, 15) is 4.79 Å². The molecule has 1 aliphatic heterocycles. The van der Waals surface area contributed by atoms with Crippen LogP contribution in [0.3, 0.4) is 0 Å². The van der Waals surface area contributed by atoms with Crippen molar-refractivity contribution in [3.63, 3.8) is 0 Å². The summed E-state index contributed by atoms with van der Waals surface area (Å²) in [6.45, 7) is 15.1. The summed E-state index contributed by atoms with van der Waals surface area (Å²) in [5, 5.41) is 4.57. The van der Waals surface area contributed by atoms with E-state index in [0.29, 0.717) is 5.57 Å². The van der Waals surface area contributed by atoms with Crippen molar-refractivity contribution in [3.8, 4) is 0 Å². The van der Waals surface area contributed by atoms with Gasteiger partial charge in [0, 0.05) is 29.5 Å². The maximum absolute atomic E-state index is 13.1. The van der Waals surface area contributed by atoms with Crippen LogP contribution in [-0.4, -0.2) is 23.2 Å². The number of carbonyl (C=O) groups excluding carboxylic acids is 1. The van der Waals surface area contributed by atoms with Gasteiger partial charge in [0.05, 0.1) is 0 Å². The van der Waals surface area contributed by atoms with Crippen LogP contribution < -0.4 is 5.32 Å². The Labute approximate surface area is 327 Å². The Kier molecular flexibility index (Phi) is 31.7. The topological polar surface area (TPSA) is 38.3 Å². The zero-order valence-electron chi connectivity index (χ0n) is 36.5. The first-order chi connectivity index (χ1) is 25.4. The van der Waals surface area contributed by atoms with Gasteiger partial charge in [0.1, 0.15) is 6.10 Å². The first-order valence-corrected chi connectivity index (χ1v) is 24.0. The zero-order chi connectivity index (χ0) is 38.0. The number of hydrogen-bond donors (Lipinski definition) is 1. The standard InChI is InChI=1S/C49H95NO2/c1-7-11-15-19-23-27-31-35-39-48(40-36-32-28-24-20-16-12-8-2)43-46(52-47(51)45(5)6)44-49(50-48,41-37-33-29-25-21-17-13-9-3)42-38-34-30-26-22-18-14-10-4/h46,50H,5,7-44H2,1-4,6H3. The highest BCUT2D eigenvalue weighted by atomic mass is 16.5. The number of hydrogen-bond acceptors (Lipinski definition) is 3. The van der Waals surface area contributed by atoms with Crippen molar-refractivity contribution < 1.29 is 9.53 Å². The molecule has 308 valence electrons. The minimum atomic E-state index is -0.173. The lowest BCUT2D eigenvalue weighted by molar-refractivity contribution is -0.149. The van der Waals surface area contributed by atoms with Crippen LogP contribution >= 0.6 is 0 Å². The average molecular weight is 730 g/mol. The van der Waals surface area contributed by atoms with Gasteiger partial charge < -0.3 is 10.1 Å². The summed E-state index contributed by atoms with van der Waals surface area (Å²) in [5.41, 5.74) is 0.693. The molecule has 0 aromatic heterocycles. The van der Waals surface area contributed by atoms with E-state index in [1.165, 1.54) is 231 Å². The third-order valence-corrected chi connectivity index (χ3v) is 12.4. The van der Waals surface area contributed by atoms with Gasteiger partial charge in [-0.3, -0.25) is 0 Å². The molecule has 0 aromatic carbocycles. The third kappa shape index (κ3) is 25.3. The van der Waals surface area contributed by atoms with Crippen LogP contribution in [0.15, 0.2) is 12.2 Å². The van der Waals surface area contributed by atoms with Crippen molar-refractivity contribution in [2.45, 2.75) is 296 Å². The van der Waals surface area contributed by atoms with Gasteiger partial charge in [0.2, 0.25) is 0 Å². The van der Waals surface area contributed by atoms with E-state index >= 15 is 0 Å². The lowest BCUT2D eigenvalue weighted by Gasteiger charge is -2.53. The van der Waals surface area contributed by atoms with E-state index in [1.54, 1.807) is 0 Å². The number of rotatable bonds is 38. The fourth-order valence-electron chi connectivity index (χ4n) is 9.24. The van der Waals surface area contributed by atoms with Gasteiger partial charge >= 0.3 is 5.97 Å². The molecule has 0 radical (unpaired) electrons. The molecule has 1 N–H and O–H groups in total. The van der Waals surface area contributed by atoms with Crippen LogP contribution in [0.5, 0.6) is 0 Å². The lowest BCUT2D eigenvalue weighted by atomic mass is 9.69. The van der Waals surface area contributed by atoms with E-state index < -0.39 is 0 Å². The van der Waals surface area contributed by atoms with Gasteiger partial charge in [-0.1, -0.05) is 240 Å². The van der Waals surface area contributed by atoms with Crippen molar-refractivity contribution in [2.24, 2.45) is 0 Å². The maximum atomic E-state index is 13.1. The number of esters is 1. The summed E-state index contributed by atoms with van der Waals surface area (Å²) in [5.74, 6) is -0.173. The van der Waals surface area contributed by atoms with Crippen LogP contribution in [0.2, 0.25) is 0 Å². The summed E-state index contributed by atoms with van der Waals surface area (Å²) >= 11 is 0. The summed E-state index contributed by atoms with van der Waals surface area (Å²) < 4.78 is 6.41. The third-order valence-electron chi connectivity index (χ3n) is 12.4. The highest BCUT2D eigenvalue weighted by molar-refractivity contribution is 5.87. The largest absolute Gasteiger partial charge is 0.459 e. The maximum Gasteiger partial charge on any atom is 0.333 e. The predicted octanol–water partition coefficient (Wildman–Crippen LogP) is 16.5. The van der Waals surface area contributed by atoms with E-state index in [4.69, 9.17) is 4.74 Å². The Morgan fingerprint density at radius 3 is 0.923 bits per heavy atom. The molecule has 0 aliphatic carbocycles. The molecule has 0 aromatic rings. The molecular weight excluding hydrogens is 635 g/mol. The predicted molar refractivity (Wildman–Crippen MR) is 231 cm³/mol. The van der Waals surface area contributed by atoms with Gasteiger partial charge in [0.25, 0.3) is 0 Å². The number of carbonyl (C=O) groups is 1. The second-order valence-corrected chi connectivity index (χ2v) is 17.8. The summed E-state index contributed by atoms with van der Waals surface area (Å²) in [6, 6.07) is 0. The van der Waals surface area contributed by atoms with E-state index in [2.05, 4.69) is 39.6 Å². The van der Waals surface area contributed by atoms with Gasteiger partial charge in [-0.25, -0.2) is 4.79 Å². The summed E-state index contributed by atoms with van der Waals surface area (Å²) in [6.07, 6.45) is 50.5. The van der Waals surface area contributed by atoms with Crippen LogP contribution in [0, 0.1) is 0 Å². The number of piperidine rings is 1. The molecular formula is C49H95NO2. The van der Waals surface area contributed by atoms with E-state index in [1.807, 2.05) is 6.92 Å². The second kappa shape index (κ2) is 33.5. The van der Waals surface area contributed by atoms with Gasteiger partial charge in [-0.05, 0) is 32.6 Å². The van der Waals surface area contributed by atoms with Gasteiger partial charge in [-0.2, -0.15) is 0 Å². The Morgan fingerprint density at radius 1 is 0.462 bits per heavy atom. The van der Waals surface area contributed by atoms with Crippen LogP contribution in [0.1, 0.15) is 279 Å². The van der Waals surface area contributed by atoms with Crippen molar-refractivity contribution in [1.82, 2.24) is 5.32 Å². The van der Waals surface area contributed by atoms with Crippen molar-refractivity contribution in [3.05, 3.63) is 12.2 Å². The monoisotopic (exact) mass is 730 g/mol. The smallest absolute Gasteiger partial charge is 0.333 e. The molecule has 1 heterocycles. The molecule has 0 saturated carbocycles. The van der Waals surface area contributed by atoms with Crippen LogP contribution in [0.4, 0.5) is 0 Å². The Bertz CT molecular complexity index is 728. The molecule has 1 saturated heterocycles. The summed E-state index contributed by atoms with van der Waals surface area (Å²) in [7, 11) is 0. The molecule has 0 amide bonds. The quantitative estimate of drug-likeness (QED) is 0.0391. The Hall–Kier alpha value is -0.830. The average Bonchev–Trinajstić information content (AvgIpc) is 3.12. The van der Waals surface area contributed by atoms with E-state index in [-0.39, 0.29) is 23.2 Å². The molecule has 1 rings (SSSR count). The van der Waals surface area contributed by atoms with Gasteiger partial charge in [-0.15, -0.1) is 0 Å². The van der Waals surface area contributed by atoms with Crippen LogP contribution in [0.25, 0.3) is 0 Å². The fourth-order valence-corrected chi connectivity index (χ4v) is 9.24. The minimum absolute atomic E-state index is 0.00312. The zero-order valence-corrected chi connectivity index (χ0v) is 36.5.